The van der Waals surface area contributed by atoms with E-state index in [2.05, 4.69) is 0 Å². The number of hydrogen-bond acceptors (Lipinski definition) is 3. The molecular formula is C14H24N2O4. The third kappa shape index (κ3) is 4.21. The highest BCUT2D eigenvalue weighted by atomic mass is 16.4. The molecule has 1 aliphatic rings. The van der Waals surface area contributed by atoms with Crippen LogP contribution in [0.1, 0.15) is 33.6 Å². The highest BCUT2D eigenvalue weighted by Crippen LogP contribution is 2.19. The Kier molecular flexibility index (Phi) is 5.14. The number of likely N-dealkylation sites (N-methyl/N-ethyl adjacent to an activating group) is 1. The molecule has 0 atom stereocenters. The first-order valence-electron chi connectivity index (χ1n) is 6.89. The molecule has 6 heteroatoms. The van der Waals surface area contributed by atoms with Crippen molar-refractivity contribution in [3.05, 3.63) is 0 Å². The molecule has 1 saturated heterocycles. The van der Waals surface area contributed by atoms with E-state index >= 15 is 0 Å². The zero-order chi connectivity index (χ0) is 15.5. The van der Waals surface area contributed by atoms with Crippen molar-refractivity contribution in [2.75, 3.05) is 26.7 Å². The van der Waals surface area contributed by atoms with E-state index in [1.165, 1.54) is 4.90 Å². The zero-order valence-corrected chi connectivity index (χ0v) is 12.7. The highest BCUT2D eigenvalue weighted by molar-refractivity contribution is 5.87. The van der Waals surface area contributed by atoms with Crippen molar-refractivity contribution < 1.29 is 19.5 Å². The van der Waals surface area contributed by atoms with Gasteiger partial charge in [0.05, 0.1) is 12.5 Å². The molecule has 20 heavy (non-hydrogen) atoms. The van der Waals surface area contributed by atoms with Crippen LogP contribution < -0.4 is 0 Å². The van der Waals surface area contributed by atoms with Crippen molar-refractivity contribution in [2.24, 2.45) is 11.3 Å². The molecule has 0 aromatic rings. The fourth-order valence-corrected chi connectivity index (χ4v) is 2.32. The predicted molar refractivity (Wildman–Crippen MR) is 74.0 cm³/mol. The van der Waals surface area contributed by atoms with Crippen LogP contribution in [0.2, 0.25) is 0 Å². The van der Waals surface area contributed by atoms with E-state index in [-0.39, 0.29) is 24.3 Å². The average Bonchev–Trinajstić information content (AvgIpc) is 2.36. The lowest BCUT2D eigenvalue weighted by molar-refractivity contribution is -0.147. The smallest absolute Gasteiger partial charge is 0.306 e. The lowest BCUT2D eigenvalue weighted by Crippen LogP contribution is -2.47. The van der Waals surface area contributed by atoms with Gasteiger partial charge in [-0.1, -0.05) is 20.8 Å². The van der Waals surface area contributed by atoms with Gasteiger partial charge >= 0.3 is 5.97 Å². The van der Waals surface area contributed by atoms with Gasteiger partial charge in [-0.05, 0) is 12.8 Å². The molecular weight excluding hydrogens is 260 g/mol. The van der Waals surface area contributed by atoms with Crippen molar-refractivity contribution in [1.29, 1.82) is 0 Å². The molecule has 0 spiro atoms. The zero-order valence-electron chi connectivity index (χ0n) is 12.7. The third-order valence-electron chi connectivity index (χ3n) is 3.56. The lowest BCUT2D eigenvalue weighted by Gasteiger charge is -2.32. The number of hydrogen-bond donors (Lipinski definition) is 1. The molecule has 1 rings (SSSR count). The molecule has 0 bridgehead atoms. The van der Waals surface area contributed by atoms with Crippen LogP contribution in [0, 0.1) is 11.3 Å². The van der Waals surface area contributed by atoms with Gasteiger partial charge in [-0.3, -0.25) is 14.4 Å². The molecule has 0 aromatic heterocycles. The standard InChI is InChI=1S/C14H24N2O4/c1-14(2,3)13(20)15(4)9-11(17)16-7-5-10(6-8-16)12(18)19/h10H,5-9H2,1-4H3,(H,18,19). The highest BCUT2D eigenvalue weighted by Gasteiger charge is 2.30. The van der Waals surface area contributed by atoms with Crippen LogP contribution in [0.25, 0.3) is 0 Å². The van der Waals surface area contributed by atoms with Gasteiger partial charge in [0.1, 0.15) is 0 Å². The van der Waals surface area contributed by atoms with Crippen LogP contribution in [0.5, 0.6) is 0 Å². The molecule has 2 amide bonds. The summed E-state index contributed by atoms with van der Waals surface area (Å²) in [6.07, 6.45) is 0.968. The number of carboxylic acids is 1. The minimum absolute atomic E-state index is 0.0494. The second-order valence-corrected chi connectivity index (χ2v) is 6.40. The average molecular weight is 284 g/mol. The van der Waals surface area contributed by atoms with Crippen LogP contribution in [0.3, 0.4) is 0 Å². The van der Waals surface area contributed by atoms with Crippen LogP contribution in [-0.2, 0) is 14.4 Å². The quantitative estimate of drug-likeness (QED) is 0.832. The van der Waals surface area contributed by atoms with Gasteiger partial charge < -0.3 is 14.9 Å². The minimum Gasteiger partial charge on any atom is -0.481 e. The minimum atomic E-state index is -0.794. The predicted octanol–water partition coefficient (Wildman–Crippen LogP) is 0.814. The molecule has 6 nitrogen and oxygen atoms in total. The number of carbonyl (C=O) groups is 3. The number of piperidine rings is 1. The molecule has 0 radical (unpaired) electrons. The van der Waals surface area contributed by atoms with E-state index in [0.29, 0.717) is 25.9 Å². The van der Waals surface area contributed by atoms with Gasteiger partial charge in [-0.15, -0.1) is 0 Å². The fraction of sp³-hybridized carbons (Fsp3) is 0.786. The van der Waals surface area contributed by atoms with Crippen LogP contribution in [-0.4, -0.2) is 59.4 Å². The topological polar surface area (TPSA) is 77.9 Å². The monoisotopic (exact) mass is 284 g/mol. The number of carboxylic acid groups (broad SMARTS) is 1. The number of likely N-dealkylation sites (tertiary alicyclic amines) is 1. The number of amides is 2. The second-order valence-electron chi connectivity index (χ2n) is 6.40. The number of carbonyl (C=O) groups excluding carboxylic acids is 2. The molecule has 1 fully saturated rings. The van der Waals surface area contributed by atoms with Gasteiger partial charge in [0.15, 0.2) is 0 Å². The summed E-state index contributed by atoms with van der Waals surface area (Å²) in [5.74, 6) is -1.34. The Morgan fingerprint density at radius 3 is 2.10 bits per heavy atom. The molecule has 0 unspecified atom stereocenters. The molecule has 0 aliphatic carbocycles. The Hall–Kier alpha value is -1.59. The number of nitrogens with zero attached hydrogens (tertiary/aromatic N) is 2. The van der Waals surface area contributed by atoms with Crippen LogP contribution in [0.15, 0.2) is 0 Å². The largest absolute Gasteiger partial charge is 0.481 e. The van der Waals surface area contributed by atoms with Crippen molar-refractivity contribution in [2.45, 2.75) is 33.6 Å². The summed E-state index contributed by atoms with van der Waals surface area (Å²) in [6.45, 7) is 6.40. The van der Waals surface area contributed by atoms with E-state index in [9.17, 15) is 14.4 Å². The summed E-state index contributed by atoms with van der Waals surface area (Å²) < 4.78 is 0. The first-order valence-corrected chi connectivity index (χ1v) is 6.89. The Balaban J connectivity index is 2.48. The third-order valence-corrected chi connectivity index (χ3v) is 3.56. The Morgan fingerprint density at radius 1 is 1.20 bits per heavy atom. The molecule has 1 N–H and O–H groups in total. The van der Waals surface area contributed by atoms with E-state index in [0.717, 1.165) is 0 Å². The van der Waals surface area contributed by atoms with Crippen molar-refractivity contribution >= 4 is 17.8 Å². The maximum absolute atomic E-state index is 12.1. The summed E-state index contributed by atoms with van der Waals surface area (Å²) >= 11 is 0. The normalized spacial score (nSPS) is 16.9. The van der Waals surface area contributed by atoms with Crippen molar-refractivity contribution in [3.8, 4) is 0 Å². The van der Waals surface area contributed by atoms with Crippen LogP contribution in [0.4, 0.5) is 0 Å². The molecule has 0 aromatic carbocycles. The van der Waals surface area contributed by atoms with Gasteiger partial charge in [-0.2, -0.15) is 0 Å². The number of aliphatic carboxylic acids is 1. The Bertz CT molecular complexity index is 392. The molecule has 1 heterocycles. The molecule has 0 saturated carbocycles. The molecule has 114 valence electrons. The molecule has 1 aliphatic heterocycles. The van der Waals surface area contributed by atoms with E-state index in [1.54, 1.807) is 11.9 Å². The van der Waals surface area contributed by atoms with Gasteiger partial charge in [0.25, 0.3) is 0 Å². The lowest BCUT2D eigenvalue weighted by atomic mass is 9.95. The number of rotatable bonds is 3. The second kappa shape index (κ2) is 6.24. The Morgan fingerprint density at radius 2 is 1.70 bits per heavy atom. The Labute approximate surface area is 119 Å². The van der Waals surface area contributed by atoms with Gasteiger partial charge in [-0.25, -0.2) is 0 Å². The SMILES string of the molecule is CN(CC(=O)N1CCC(C(=O)O)CC1)C(=O)C(C)(C)C. The van der Waals surface area contributed by atoms with Crippen molar-refractivity contribution in [3.63, 3.8) is 0 Å². The summed E-state index contributed by atoms with van der Waals surface area (Å²) in [4.78, 5) is 38.0. The maximum Gasteiger partial charge on any atom is 0.306 e. The van der Waals surface area contributed by atoms with E-state index < -0.39 is 11.4 Å². The summed E-state index contributed by atoms with van der Waals surface area (Å²) in [7, 11) is 1.62. The van der Waals surface area contributed by atoms with E-state index in [4.69, 9.17) is 5.11 Å². The van der Waals surface area contributed by atoms with E-state index in [1.807, 2.05) is 20.8 Å². The first kappa shape index (κ1) is 16.5. The maximum atomic E-state index is 12.1. The van der Waals surface area contributed by atoms with Crippen molar-refractivity contribution in [1.82, 2.24) is 9.80 Å². The first-order chi connectivity index (χ1) is 9.12. The summed E-state index contributed by atoms with van der Waals surface area (Å²) in [5, 5.41) is 8.91. The van der Waals surface area contributed by atoms with Gasteiger partial charge in [0.2, 0.25) is 11.8 Å². The van der Waals surface area contributed by atoms with Crippen LogP contribution >= 0.6 is 0 Å². The fourth-order valence-electron chi connectivity index (χ4n) is 2.32. The summed E-state index contributed by atoms with van der Waals surface area (Å²) in [5.41, 5.74) is -0.509. The van der Waals surface area contributed by atoms with Gasteiger partial charge in [0, 0.05) is 25.6 Å². The summed E-state index contributed by atoms with van der Waals surface area (Å²) in [6, 6.07) is 0.